The first-order valence-electron chi connectivity index (χ1n) is 5.41. The number of aliphatic carboxylic acids is 1. The van der Waals surface area contributed by atoms with E-state index in [2.05, 4.69) is 11.3 Å². The summed E-state index contributed by atoms with van der Waals surface area (Å²) >= 11 is 0. The largest absolute Gasteiger partial charge is 0.480 e. The van der Waals surface area contributed by atoms with Crippen molar-refractivity contribution >= 4 is 11.9 Å². The molecular weight excluding hydrogens is 208 g/mol. The van der Waals surface area contributed by atoms with Crippen molar-refractivity contribution in [3.8, 4) is 0 Å². The molecule has 92 valence electrons. The normalized spacial score (nSPS) is 13.9. The summed E-state index contributed by atoms with van der Waals surface area (Å²) in [5.74, 6) is -1.80. The molecule has 0 aliphatic heterocycles. The quantitative estimate of drug-likeness (QED) is 0.300. The molecule has 0 aromatic heterocycles. The monoisotopic (exact) mass is 228 g/mol. The van der Waals surface area contributed by atoms with Gasteiger partial charge in [-0.2, -0.15) is 0 Å². The summed E-state index contributed by atoms with van der Waals surface area (Å²) in [5, 5.41) is 9.02. The number of methoxy groups -OCH3 is 1. The van der Waals surface area contributed by atoms with Gasteiger partial charge in [0.15, 0.2) is 5.41 Å². The fourth-order valence-corrected chi connectivity index (χ4v) is 1.47. The van der Waals surface area contributed by atoms with Crippen LogP contribution >= 0.6 is 0 Å². The van der Waals surface area contributed by atoms with Crippen molar-refractivity contribution in [1.29, 1.82) is 0 Å². The molecule has 0 spiro atoms. The molecule has 0 heterocycles. The van der Waals surface area contributed by atoms with Crippen LogP contribution in [0, 0.1) is 5.41 Å². The average Bonchev–Trinajstić information content (AvgIpc) is 2.27. The van der Waals surface area contributed by atoms with Gasteiger partial charge in [-0.1, -0.05) is 18.9 Å². The fourth-order valence-electron chi connectivity index (χ4n) is 1.47. The molecule has 4 nitrogen and oxygen atoms in total. The van der Waals surface area contributed by atoms with Crippen LogP contribution in [0.1, 0.15) is 39.0 Å². The van der Waals surface area contributed by atoms with E-state index in [1.807, 2.05) is 6.08 Å². The van der Waals surface area contributed by atoms with Crippen molar-refractivity contribution in [3.63, 3.8) is 0 Å². The van der Waals surface area contributed by atoms with Crippen molar-refractivity contribution in [1.82, 2.24) is 0 Å². The van der Waals surface area contributed by atoms with Crippen LogP contribution in [-0.4, -0.2) is 24.2 Å². The van der Waals surface area contributed by atoms with E-state index < -0.39 is 17.4 Å². The second kappa shape index (κ2) is 7.04. The lowest BCUT2D eigenvalue weighted by atomic mass is 9.84. The van der Waals surface area contributed by atoms with Gasteiger partial charge in [0.1, 0.15) is 0 Å². The predicted molar refractivity (Wildman–Crippen MR) is 61.0 cm³/mol. The Morgan fingerprint density at radius 1 is 1.38 bits per heavy atom. The van der Waals surface area contributed by atoms with Crippen LogP contribution in [0.15, 0.2) is 12.7 Å². The molecule has 1 atom stereocenters. The predicted octanol–water partition coefficient (Wildman–Crippen LogP) is 2.39. The van der Waals surface area contributed by atoms with Crippen molar-refractivity contribution in [3.05, 3.63) is 12.7 Å². The van der Waals surface area contributed by atoms with Crippen molar-refractivity contribution in [2.45, 2.75) is 39.0 Å². The number of carboxylic acid groups (broad SMARTS) is 1. The number of carboxylic acids is 1. The third-order valence-corrected chi connectivity index (χ3v) is 2.69. The molecule has 0 aliphatic rings. The van der Waals surface area contributed by atoms with Gasteiger partial charge >= 0.3 is 11.9 Å². The Kier molecular flexibility index (Phi) is 6.46. The van der Waals surface area contributed by atoms with Gasteiger partial charge in [0.05, 0.1) is 7.11 Å². The number of hydrogen-bond donors (Lipinski definition) is 1. The Hall–Kier alpha value is -1.32. The molecule has 0 rings (SSSR count). The van der Waals surface area contributed by atoms with Gasteiger partial charge in [-0.25, -0.2) is 0 Å². The van der Waals surface area contributed by atoms with E-state index in [4.69, 9.17) is 5.11 Å². The molecule has 0 aliphatic carbocycles. The van der Waals surface area contributed by atoms with E-state index in [0.717, 1.165) is 19.3 Å². The highest BCUT2D eigenvalue weighted by Gasteiger charge is 2.41. The van der Waals surface area contributed by atoms with Crippen LogP contribution in [0.3, 0.4) is 0 Å². The molecule has 0 saturated heterocycles. The third-order valence-electron chi connectivity index (χ3n) is 2.69. The standard InChI is InChI=1S/C12H20O4/c1-4-5-6-7-8-9-12(2,10(13)14)11(15)16-3/h4H,1,5-9H2,2-3H3,(H,13,14). The van der Waals surface area contributed by atoms with E-state index in [1.54, 1.807) is 0 Å². The Morgan fingerprint density at radius 3 is 2.44 bits per heavy atom. The van der Waals surface area contributed by atoms with E-state index in [-0.39, 0.29) is 0 Å². The summed E-state index contributed by atoms with van der Waals surface area (Å²) in [7, 11) is 1.21. The van der Waals surface area contributed by atoms with Gasteiger partial charge in [-0.05, 0) is 26.2 Å². The topological polar surface area (TPSA) is 63.6 Å². The molecule has 0 bridgehead atoms. The lowest BCUT2D eigenvalue weighted by Gasteiger charge is -2.21. The minimum absolute atomic E-state index is 0.312. The van der Waals surface area contributed by atoms with E-state index in [0.29, 0.717) is 12.8 Å². The second-order valence-electron chi connectivity index (χ2n) is 4.02. The molecule has 1 unspecified atom stereocenters. The van der Waals surface area contributed by atoms with Gasteiger partial charge in [0.25, 0.3) is 0 Å². The molecule has 4 heteroatoms. The third kappa shape index (κ3) is 4.04. The molecule has 0 aromatic rings. The van der Waals surface area contributed by atoms with Crippen LogP contribution in [0.5, 0.6) is 0 Å². The smallest absolute Gasteiger partial charge is 0.322 e. The Labute approximate surface area is 96.3 Å². The van der Waals surface area contributed by atoms with E-state index in [9.17, 15) is 9.59 Å². The molecular formula is C12H20O4. The summed E-state index contributed by atoms with van der Waals surface area (Å²) < 4.78 is 4.52. The first-order chi connectivity index (χ1) is 7.49. The van der Waals surface area contributed by atoms with Gasteiger partial charge in [-0.3, -0.25) is 9.59 Å². The summed E-state index contributed by atoms with van der Waals surface area (Å²) in [6, 6.07) is 0. The zero-order valence-corrected chi connectivity index (χ0v) is 9.99. The van der Waals surface area contributed by atoms with Gasteiger partial charge < -0.3 is 9.84 Å². The number of ether oxygens (including phenoxy) is 1. The highest BCUT2D eigenvalue weighted by molar-refractivity contribution is 5.98. The van der Waals surface area contributed by atoms with Crippen molar-refractivity contribution in [2.24, 2.45) is 5.41 Å². The Morgan fingerprint density at radius 2 is 2.00 bits per heavy atom. The molecule has 0 amide bonds. The number of esters is 1. The summed E-state index contributed by atoms with van der Waals surface area (Å²) in [6.45, 7) is 5.02. The van der Waals surface area contributed by atoms with Gasteiger partial charge in [-0.15, -0.1) is 6.58 Å². The molecule has 0 saturated carbocycles. The number of allylic oxidation sites excluding steroid dienone is 1. The summed E-state index contributed by atoms with van der Waals surface area (Å²) in [5.41, 5.74) is -1.41. The first kappa shape index (κ1) is 14.7. The lowest BCUT2D eigenvalue weighted by Crippen LogP contribution is -2.37. The van der Waals surface area contributed by atoms with E-state index >= 15 is 0 Å². The van der Waals surface area contributed by atoms with Crippen molar-refractivity contribution < 1.29 is 19.4 Å². The Balaban J connectivity index is 4.19. The van der Waals surface area contributed by atoms with Crippen LogP contribution in [0.4, 0.5) is 0 Å². The molecule has 0 radical (unpaired) electrons. The summed E-state index contributed by atoms with van der Waals surface area (Å²) in [6.07, 6.45) is 5.63. The maximum atomic E-state index is 11.4. The van der Waals surface area contributed by atoms with Gasteiger partial charge in [0, 0.05) is 0 Å². The maximum absolute atomic E-state index is 11.4. The highest BCUT2D eigenvalue weighted by Crippen LogP contribution is 2.26. The van der Waals surface area contributed by atoms with Gasteiger partial charge in [0.2, 0.25) is 0 Å². The number of rotatable bonds is 8. The number of hydrogen-bond acceptors (Lipinski definition) is 3. The SMILES string of the molecule is C=CCCCCCC(C)(C(=O)O)C(=O)OC. The van der Waals surface area contributed by atoms with Crippen molar-refractivity contribution in [2.75, 3.05) is 7.11 Å². The van der Waals surface area contributed by atoms with Crippen LogP contribution < -0.4 is 0 Å². The molecule has 16 heavy (non-hydrogen) atoms. The number of unbranched alkanes of at least 4 members (excludes halogenated alkanes) is 3. The average molecular weight is 228 g/mol. The molecule has 0 fully saturated rings. The maximum Gasteiger partial charge on any atom is 0.322 e. The fraction of sp³-hybridized carbons (Fsp3) is 0.667. The van der Waals surface area contributed by atoms with Crippen LogP contribution in [0.2, 0.25) is 0 Å². The molecule has 1 N–H and O–H groups in total. The lowest BCUT2D eigenvalue weighted by molar-refractivity contribution is -0.166. The van der Waals surface area contributed by atoms with Crippen LogP contribution in [-0.2, 0) is 14.3 Å². The zero-order valence-electron chi connectivity index (χ0n) is 9.99. The van der Waals surface area contributed by atoms with Crippen LogP contribution in [0.25, 0.3) is 0 Å². The molecule has 0 aromatic carbocycles. The number of carbonyl (C=O) groups excluding carboxylic acids is 1. The second-order valence-corrected chi connectivity index (χ2v) is 4.02. The summed E-state index contributed by atoms with van der Waals surface area (Å²) in [4.78, 5) is 22.4. The zero-order chi connectivity index (χ0) is 12.6. The minimum atomic E-state index is -1.41. The number of carbonyl (C=O) groups is 2. The Bertz CT molecular complexity index is 260. The highest BCUT2D eigenvalue weighted by atomic mass is 16.5. The minimum Gasteiger partial charge on any atom is -0.480 e. The van der Waals surface area contributed by atoms with E-state index in [1.165, 1.54) is 14.0 Å². The first-order valence-corrected chi connectivity index (χ1v) is 5.41.